The molecule has 4 nitrogen and oxygen atoms in total. The molecule has 0 atom stereocenters. The Hall–Kier alpha value is -5.35. The molecule has 0 saturated heterocycles. The van der Waals surface area contributed by atoms with Crippen molar-refractivity contribution in [2.24, 2.45) is 0 Å². The molecule has 184 valence electrons. The molecule has 0 unspecified atom stereocenters. The van der Waals surface area contributed by atoms with E-state index in [0.717, 1.165) is 55.3 Å². The molecule has 0 aliphatic heterocycles. The summed E-state index contributed by atoms with van der Waals surface area (Å²) in [7, 11) is 0. The summed E-state index contributed by atoms with van der Waals surface area (Å²) in [5.74, 6) is 0.206. The van der Waals surface area contributed by atoms with Crippen LogP contribution in [0.2, 0.25) is 0 Å². The van der Waals surface area contributed by atoms with Crippen LogP contribution in [0, 0.1) is 0 Å². The summed E-state index contributed by atoms with van der Waals surface area (Å²) in [5, 5.41) is 23.0. The first kappa shape index (κ1) is 22.8. The van der Waals surface area contributed by atoms with E-state index in [1.165, 1.54) is 0 Å². The van der Waals surface area contributed by atoms with Gasteiger partial charge in [-0.15, -0.1) is 10.2 Å². The molecule has 0 bridgehead atoms. The van der Waals surface area contributed by atoms with Gasteiger partial charge in [-0.25, -0.2) is 4.98 Å². The number of rotatable bonds is 4. The van der Waals surface area contributed by atoms with Crippen molar-refractivity contribution >= 4 is 21.7 Å². The average molecular weight is 502 g/mol. The largest absolute Gasteiger partial charge is 0.507 e. The second-order valence-corrected chi connectivity index (χ2v) is 9.58. The van der Waals surface area contributed by atoms with Crippen LogP contribution in [-0.2, 0) is 0 Å². The van der Waals surface area contributed by atoms with E-state index in [4.69, 9.17) is 4.98 Å². The average Bonchev–Trinajstić information content (AvgIpc) is 3.01. The molecular formula is C35H23N3O. The molecule has 0 aliphatic carbocycles. The molecule has 2 aromatic heterocycles. The highest BCUT2D eigenvalue weighted by Crippen LogP contribution is 2.37. The lowest BCUT2D eigenvalue weighted by molar-refractivity contribution is 0.478. The minimum atomic E-state index is 0.206. The van der Waals surface area contributed by atoms with Crippen molar-refractivity contribution in [3.8, 4) is 50.6 Å². The van der Waals surface area contributed by atoms with Crippen LogP contribution in [0.1, 0.15) is 0 Å². The standard InChI is InChI=1S/C35H23N3O/c39-35-22-25-12-5-4-11-24(25)18-30(35)34-21-29(23-9-2-1-3-10-23)20-32(36-34)26-14-8-15-27(17-26)33-19-28-13-6-7-16-31(28)37-38-33/h1-22,39H. The van der Waals surface area contributed by atoms with Gasteiger partial charge in [-0.1, -0.05) is 91.0 Å². The highest BCUT2D eigenvalue weighted by atomic mass is 16.3. The number of aromatic hydroxyl groups is 1. The number of phenolic OH excluding ortho intramolecular Hbond substituents is 1. The Morgan fingerprint density at radius 3 is 1.87 bits per heavy atom. The van der Waals surface area contributed by atoms with Crippen LogP contribution in [0.15, 0.2) is 133 Å². The van der Waals surface area contributed by atoms with Gasteiger partial charge in [0, 0.05) is 22.1 Å². The molecule has 2 heterocycles. The van der Waals surface area contributed by atoms with E-state index in [0.29, 0.717) is 11.3 Å². The van der Waals surface area contributed by atoms with Crippen molar-refractivity contribution in [3.05, 3.63) is 133 Å². The van der Waals surface area contributed by atoms with Crippen molar-refractivity contribution in [2.45, 2.75) is 0 Å². The summed E-state index contributed by atoms with van der Waals surface area (Å²) in [6, 6.07) is 44.5. The molecule has 0 saturated carbocycles. The molecule has 0 aliphatic rings. The van der Waals surface area contributed by atoms with E-state index in [-0.39, 0.29) is 5.75 Å². The number of hydrogen-bond donors (Lipinski definition) is 1. The van der Waals surface area contributed by atoms with Crippen molar-refractivity contribution in [2.75, 3.05) is 0 Å². The number of benzene rings is 5. The third kappa shape index (κ3) is 4.38. The van der Waals surface area contributed by atoms with Crippen molar-refractivity contribution in [1.82, 2.24) is 15.2 Å². The summed E-state index contributed by atoms with van der Waals surface area (Å²) >= 11 is 0. The maximum absolute atomic E-state index is 11.0. The van der Waals surface area contributed by atoms with Gasteiger partial charge in [-0.3, -0.25) is 0 Å². The lowest BCUT2D eigenvalue weighted by Crippen LogP contribution is -1.93. The van der Waals surface area contributed by atoms with Crippen LogP contribution in [0.4, 0.5) is 0 Å². The number of hydrogen-bond acceptors (Lipinski definition) is 4. The Labute approximate surface area is 225 Å². The van der Waals surface area contributed by atoms with Crippen LogP contribution in [-0.4, -0.2) is 20.3 Å². The molecule has 4 heteroatoms. The lowest BCUT2D eigenvalue weighted by atomic mass is 9.97. The summed E-state index contributed by atoms with van der Waals surface area (Å²) in [6.07, 6.45) is 0. The second kappa shape index (κ2) is 9.51. The zero-order valence-electron chi connectivity index (χ0n) is 21.0. The van der Waals surface area contributed by atoms with Crippen LogP contribution >= 0.6 is 0 Å². The number of fused-ring (bicyclic) bond motifs is 2. The Bertz CT molecular complexity index is 1980. The van der Waals surface area contributed by atoms with Gasteiger partial charge in [-0.2, -0.15) is 0 Å². The third-order valence-electron chi connectivity index (χ3n) is 7.02. The Balaban J connectivity index is 1.39. The third-order valence-corrected chi connectivity index (χ3v) is 7.02. The van der Waals surface area contributed by atoms with E-state index in [2.05, 4.69) is 46.6 Å². The Kier molecular flexibility index (Phi) is 5.56. The summed E-state index contributed by atoms with van der Waals surface area (Å²) < 4.78 is 0. The fraction of sp³-hybridized carbons (Fsp3) is 0. The second-order valence-electron chi connectivity index (χ2n) is 9.58. The zero-order chi connectivity index (χ0) is 26.2. The van der Waals surface area contributed by atoms with Gasteiger partial charge in [0.1, 0.15) is 5.75 Å². The van der Waals surface area contributed by atoms with Crippen LogP contribution in [0.5, 0.6) is 5.75 Å². The van der Waals surface area contributed by atoms with Gasteiger partial charge >= 0.3 is 0 Å². The van der Waals surface area contributed by atoms with Gasteiger partial charge in [-0.05, 0) is 64.4 Å². The molecule has 0 amide bonds. The van der Waals surface area contributed by atoms with E-state index in [1.54, 1.807) is 6.07 Å². The summed E-state index contributed by atoms with van der Waals surface area (Å²) in [6.45, 7) is 0. The molecule has 7 aromatic rings. The predicted octanol–water partition coefficient (Wildman–Crippen LogP) is 8.55. The number of aromatic nitrogens is 3. The molecule has 5 aromatic carbocycles. The Morgan fingerprint density at radius 1 is 0.410 bits per heavy atom. The highest BCUT2D eigenvalue weighted by Gasteiger charge is 2.14. The highest BCUT2D eigenvalue weighted by molar-refractivity contribution is 5.91. The van der Waals surface area contributed by atoms with Gasteiger partial charge in [0.2, 0.25) is 0 Å². The maximum Gasteiger partial charge on any atom is 0.125 e. The van der Waals surface area contributed by atoms with E-state index < -0.39 is 0 Å². The number of nitrogens with zero attached hydrogens (tertiary/aromatic N) is 3. The first-order chi connectivity index (χ1) is 19.2. The fourth-order valence-corrected chi connectivity index (χ4v) is 5.01. The molecule has 0 radical (unpaired) electrons. The molecule has 7 rings (SSSR count). The minimum Gasteiger partial charge on any atom is -0.507 e. The first-order valence-corrected chi connectivity index (χ1v) is 12.8. The molecule has 39 heavy (non-hydrogen) atoms. The van der Waals surface area contributed by atoms with Crippen molar-refractivity contribution in [3.63, 3.8) is 0 Å². The fourth-order valence-electron chi connectivity index (χ4n) is 5.01. The Morgan fingerprint density at radius 2 is 1.05 bits per heavy atom. The summed E-state index contributed by atoms with van der Waals surface area (Å²) in [5.41, 5.74) is 7.94. The van der Waals surface area contributed by atoms with Crippen LogP contribution in [0.3, 0.4) is 0 Å². The van der Waals surface area contributed by atoms with E-state index in [9.17, 15) is 5.11 Å². The minimum absolute atomic E-state index is 0.206. The molecule has 1 N–H and O–H groups in total. The van der Waals surface area contributed by atoms with E-state index in [1.807, 2.05) is 91.0 Å². The van der Waals surface area contributed by atoms with Gasteiger partial charge in [0.05, 0.1) is 22.6 Å². The topological polar surface area (TPSA) is 58.9 Å². The first-order valence-electron chi connectivity index (χ1n) is 12.8. The number of phenols is 1. The van der Waals surface area contributed by atoms with Crippen molar-refractivity contribution in [1.29, 1.82) is 0 Å². The molecule has 0 spiro atoms. The SMILES string of the molecule is Oc1cc2ccccc2cc1-c1cc(-c2ccccc2)cc(-c2cccc(-c3cc4ccccc4nn3)c2)n1. The quantitative estimate of drug-likeness (QED) is 0.262. The van der Waals surface area contributed by atoms with Crippen LogP contribution in [0.25, 0.3) is 66.6 Å². The molecule has 0 fully saturated rings. The predicted molar refractivity (Wildman–Crippen MR) is 158 cm³/mol. The van der Waals surface area contributed by atoms with Gasteiger partial charge < -0.3 is 5.11 Å². The number of pyridine rings is 1. The van der Waals surface area contributed by atoms with Gasteiger partial charge in [0.25, 0.3) is 0 Å². The van der Waals surface area contributed by atoms with Crippen molar-refractivity contribution < 1.29 is 5.11 Å². The zero-order valence-corrected chi connectivity index (χ0v) is 21.0. The lowest BCUT2D eigenvalue weighted by Gasteiger charge is -2.13. The smallest absolute Gasteiger partial charge is 0.125 e. The molecular weight excluding hydrogens is 478 g/mol. The maximum atomic E-state index is 11.0. The summed E-state index contributed by atoms with van der Waals surface area (Å²) in [4.78, 5) is 5.06. The van der Waals surface area contributed by atoms with Gasteiger partial charge in [0.15, 0.2) is 0 Å². The van der Waals surface area contributed by atoms with Crippen LogP contribution < -0.4 is 0 Å². The monoisotopic (exact) mass is 501 g/mol. The normalized spacial score (nSPS) is 11.2. The van der Waals surface area contributed by atoms with E-state index >= 15 is 0 Å².